The average molecular weight is 283 g/mol. The third-order valence-electron chi connectivity index (χ3n) is 3.10. The lowest BCUT2D eigenvalue weighted by Gasteiger charge is -2.18. The van der Waals surface area contributed by atoms with E-state index in [1.807, 2.05) is 13.2 Å². The van der Waals surface area contributed by atoms with Gasteiger partial charge in [-0.05, 0) is 0 Å². The summed E-state index contributed by atoms with van der Waals surface area (Å²) in [6.45, 7) is 7.00. The lowest BCUT2D eigenvalue weighted by Crippen LogP contribution is -2.30. The fourth-order valence-corrected chi connectivity index (χ4v) is 3.51. The van der Waals surface area contributed by atoms with Crippen molar-refractivity contribution < 1.29 is 8.42 Å². The lowest BCUT2D eigenvalue weighted by molar-refractivity contribution is 0.540. The van der Waals surface area contributed by atoms with E-state index in [0.29, 0.717) is 6.54 Å². The third-order valence-corrected chi connectivity index (χ3v) is 4.50. The summed E-state index contributed by atoms with van der Waals surface area (Å²) in [4.78, 5) is 0. The van der Waals surface area contributed by atoms with Crippen molar-refractivity contribution in [3.05, 3.63) is 28.9 Å². The summed E-state index contributed by atoms with van der Waals surface area (Å²) < 4.78 is 24.5. The zero-order valence-corrected chi connectivity index (χ0v) is 12.7. The van der Waals surface area contributed by atoms with Crippen molar-refractivity contribution in [1.29, 1.82) is 0 Å². The first-order chi connectivity index (χ1) is 8.67. The van der Waals surface area contributed by atoms with Crippen LogP contribution in [0.2, 0.25) is 0 Å². The zero-order valence-electron chi connectivity index (χ0n) is 11.8. The highest BCUT2D eigenvalue weighted by atomic mass is 32.2. The number of hydrogen-bond donors (Lipinski definition) is 1. The molecule has 2 rings (SSSR count). The van der Waals surface area contributed by atoms with Crippen molar-refractivity contribution >= 4 is 9.84 Å². The Bertz CT molecular complexity index is 594. The highest BCUT2D eigenvalue weighted by Gasteiger charge is 2.24. The van der Waals surface area contributed by atoms with Gasteiger partial charge in [0.25, 0.3) is 0 Å². The van der Waals surface area contributed by atoms with Crippen LogP contribution in [0.4, 0.5) is 0 Å². The second-order valence-corrected chi connectivity index (χ2v) is 8.00. The number of aryl methyl sites for hydroxylation is 1. The maximum absolute atomic E-state index is 11.3. The molecule has 19 heavy (non-hydrogen) atoms. The summed E-state index contributed by atoms with van der Waals surface area (Å²) in [6.07, 6.45) is 3.70. The first-order valence-corrected chi connectivity index (χ1v) is 8.06. The van der Waals surface area contributed by atoms with Gasteiger partial charge in [-0.3, -0.25) is 4.68 Å². The molecule has 5 nitrogen and oxygen atoms in total. The SMILES string of the molecule is Cn1cc(CNC2C=CS(=O)(=O)C2)c(C(C)(C)C)n1. The van der Waals surface area contributed by atoms with Gasteiger partial charge in [-0.1, -0.05) is 26.8 Å². The lowest BCUT2D eigenvalue weighted by atomic mass is 9.89. The van der Waals surface area contributed by atoms with E-state index in [1.54, 1.807) is 10.8 Å². The average Bonchev–Trinajstić information content (AvgIpc) is 2.78. The molecule has 1 aromatic heterocycles. The van der Waals surface area contributed by atoms with Gasteiger partial charge in [0, 0.05) is 42.2 Å². The molecule has 0 spiro atoms. The summed E-state index contributed by atoms with van der Waals surface area (Å²) in [5.41, 5.74) is 2.15. The maximum atomic E-state index is 11.3. The topological polar surface area (TPSA) is 64.0 Å². The Labute approximate surface area is 114 Å². The normalized spacial score (nSPS) is 22.0. The minimum atomic E-state index is -3.00. The zero-order chi connectivity index (χ0) is 14.3. The van der Waals surface area contributed by atoms with E-state index >= 15 is 0 Å². The standard InChI is InChI=1S/C13H21N3O2S/c1-13(2,3)12-10(8-16(4)15-12)7-14-11-5-6-19(17,18)9-11/h5-6,8,11,14H,7,9H2,1-4H3. The summed E-state index contributed by atoms with van der Waals surface area (Å²) in [5.74, 6) is 0.151. The minimum Gasteiger partial charge on any atom is -0.305 e. The molecular formula is C13H21N3O2S. The van der Waals surface area contributed by atoms with Gasteiger partial charge in [0.2, 0.25) is 0 Å². The van der Waals surface area contributed by atoms with Gasteiger partial charge in [0.05, 0.1) is 11.4 Å². The fraction of sp³-hybridized carbons (Fsp3) is 0.615. The van der Waals surface area contributed by atoms with Gasteiger partial charge >= 0.3 is 0 Å². The van der Waals surface area contributed by atoms with Gasteiger partial charge in [-0.15, -0.1) is 0 Å². The van der Waals surface area contributed by atoms with E-state index in [-0.39, 0.29) is 17.2 Å². The molecule has 1 aliphatic heterocycles. The molecule has 1 unspecified atom stereocenters. The van der Waals surface area contributed by atoms with Crippen LogP contribution in [0.1, 0.15) is 32.0 Å². The monoisotopic (exact) mass is 283 g/mol. The van der Waals surface area contributed by atoms with E-state index in [9.17, 15) is 8.42 Å². The molecule has 2 heterocycles. The second kappa shape index (κ2) is 4.76. The van der Waals surface area contributed by atoms with Crippen LogP contribution in [0.3, 0.4) is 0 Å². The molecule has 0 saturated carbocycles. The molecule has 0 saturated heterocycles. The molecule has 6 heteroatoms. The van der Waals surface area contributed by atoms with Crippen molar-refractivity contribution in [3.8, 4) is 0 Å². The molecule has 0 bridgehead atoms. The van der Waals surface area contributed by atoms with Crippen LogP contribution in [0.5, 0.6) is 0 Å². The van der Waals surface area contributed by atoms with Crippen LogP contribution >= 0.6 is 0 Å². The Morgan fingerprint density at radius 3 is 2.68 bits per heavy atom. The predicted octanol–water partition coefficient (Wildman–Crippen LogP) is 1.12. The third kappa shape index (κ3) is 3.45. The fourth-order valence-electron chi connectivity index (χ4n) is 2.24. The van der Waals surface area contributed by atoms with Crippen LogP contribution < -0.4 is 5.32 Å². The van der Waals surface area contributed by atoms with Crippen molar-refractivity contribution in [2.24, 2.45) is 7.05 Å². The molecule has 1 aliphatic rings. The van der Waals surface area contributed by atoms with E-state index < -0.39 is 9.84 Å². The van der Waals surface area contributed by atoms with Crippen molar-refractivity contribution in [2.75, 3.05) is 5.75 Å². The Morgan fingerprint density at radius 1 is 1.47 bits per heavy atom. The molecule has 0 aliphatic carbocycles. The second-order valence-electron chi connectivity index (χ2n) is 6.07. The van der Waals surface area contributed by atoms with Gasteiger partial charge in [0.1, 0.15) is 0 Å². The Kier molecular flexibility index (Phi) is 3.57. The number of aromatic nitrogens is 2. The Balaban J connectivity index is 2.07. The Morgan fingerprint density at radius 2 is 2.16 bits per heavy atom. The van der Waals surface area contributed by atoms with Crippen molar-refractivity contribution in [1.82, 2.24) is 15.1 Å². The van der Waals surface area contributed by atoms with Crippen LogP contribution in [0.25, 0.3) is 0 Å². The maximum Gasteiger partial charge on any atom is 0.173 e. The molecular weight excluding hydrogens is 262 g/mol. The molecule has 106 valence electrons. The quantitative estimate of drug-likeness (QED) is 0.903. The smallest absolute Gasteiger partial charge is 0.173 e. The number of rotatable bonds is 3. The summed E-state index contributed by atoms with van der Waals surface area (Å²) in [6, 6.07) is -0.0991. The van der Waals surface area contributed by atoms with Gasteiger partial charge in [0.15, 0.2) is 9.84 Å². The predicted molar refractivity (Wildman–Crippen MR) is 75.5 cm³/mol. The number of hydrogen-bond acceptors (Lipinski definition) is 4. The molecule has 0 fully saturated rings. The van der Waals surface area contributed by atoms with E-state index in [0.717, 1.165) is 11.3 Å². The number of nitrogens with zero attached hydrogens (tertiary/aromatic N) is 2. The number of nitrogens with one attached hydrogen (secondary N) is 1. The van der Waals surface area contributed by atoms with Gasteiger partial charge in [-0.2, -0.15) is 5.10 Å². The Hall–Kier alpha value is -1.14. The summed E-state index contributed by atoms with van der Waals surface area (Å²) >= 11 is 0. The van der Waals surface area contributed by atoms with Gasteiger partial charge in [-0.25, -0.2) is 8.42 Å². The first-order valence-electron chi connectivity index (χ1n) is 6.35. The molecule has 0 aromatic carbocycles. The summed E-state index contributed by atoms with van der Waals surface area (Å²) in [7, 11) is -1.10. The van der Waals surface area contributed by atoms with Crippen molar-refractivity contribution in [2.45, 2.75) is 38.8 Å². The first kappa shape index (κ1) is 14.3. The van der Waals surface area contributed by atoms with Crippen LogP contribution in [0, 0.1) is 0 Å². The van der Waals surface area contributed by atoms with Crippen molar-refractivity contribution in [3.63, 3.8) is 0 Å². The molecule has 0 radical (unpaired) electrons. The molecule has 1 N–H and O–H groups in total. The van der Waals surface area contributed by atoms with Gasteiger partial charge < -0.3 is 5.32 Å². The molecule has 0 amide bonds. The minimum absolute atomic E-state index is 0.0180. The largest absolute Gasteiger partial charge is 0.305 e. The van der Waals surface area contributed by atoms with Crippen LogP contribution in [-0.4, -0.2) is 30.0 Å². The summed E-state index contributed by atoms with van der Waals surface area (Å²) in [5, 5.41) is 9.05. The van der Waals surface area contributed by atoms with E-state index in [1.165, 1.54) is 5.41 Å². The van der Waals surface area contributed by atoms with Crippen LogP contribution in [-0.2, 0) is 28.8 Å². The van der Waals surface area contributed by atoms with E-state index in [4.69, 9.17) is 0 Å². The molecule has 1 aromatic rings. The highest BCUT2D eigenvalue weighted by molar-refractivity contribution is 7.94. The highest BCUT2D eigenvalue weighted by Crippen LogP contribution is 2.24. The molecule has 1 atom stereocenters. The number of sulfone groups is 1. The van der Waals surface area contributed by atoms with E-state index in [2.05, 4.69) is 31.2 Å². The van der Waals surface area contributed by atoms with Crippen LogP contribution in [0.15, 0.2) is 17.7 Å².